The molecule has 1 saturated heterocycles. The van der Waals surface area contributed by atoms with Crippen LogP contribution in [-0.2, 0) is 13.1 Å². The van der Waals surface area contributed by atoms with Gasteiger partial charge in [-0.2, -0.15) is 0 Å². The van der Waals surface area contributed by atoms with E-state index in [1.807, 2.05) is 6.26 Å². The number of piperidine rings is 1. The second-order valence-electron chi connectivity index (χ2n) is 7.38. The van der Waals surface area contributed by atoms with E-state index < -0.39 is 0 Å². The van der Waals surface area contributed by atoms with Gasteiger partial charge in [-0.05, 0) is 43.7 Å². The molecule has 0 amide bonds. The molecule has 0 aliphatic carbocycles. The molecule has 21 heavy (non-hydrogen) atoms. The van der Waals surface area contributed by atoms with Crippen LogP contribution in [0.2, 0.25) is 0 Å². The van der Waals surface area contributed by atoms with Gasteiger partial charge in [0, 0.05) is 24.7 Å². The summed E-state index contributed by atoms with van der Waals surface area (Å²) >= 11 is 0. The van der Waals surface area contributed by atoms with E-state index in [0.29, 0.717) is 12.0 Å². The Labute approximate surface area is 130 Å². The number of likely N-dealkylation sites (tertiary alicyclic amines) is 1. The summed E-state index contributed by atoms with van der Waals surface area (Å²) in [4.78, 5) is 2.59. The van der Waals surface area contributed by atoms with E-state index in [-0.39, 0.29) is 0 Å². The molecular formula is C18H32N2O. The van der Waals surface area contributed by atoms with Crippen molar-refractivity contribution in [2.24, 2.45) is 17.8 Å². The van der Waals surface area contributed by atoms with Crippen molar-refractivity contribution in [3.8, 4) is 0 Å². The summed E-state index contributed by atoms with van der Waals surface area (Å²) in [5.41, 5.74) is 1.31. The fourth-order valence-electron chi connectivity index (χ4n) is 3.38. The quantitative estimate of drug-likeness (QED) is 0.862. The maximum atomic E-state index is 5.76. The molecule has 0 radical (unpaired) electrons. The molecule has 1 aromatic heterocycles. The molecule has 1 aromatic rings. The van der Waals surface area contributed by atoms with Gasteiger partial charge in [-0.3, -0.25) is 4.90 Å². The number of hydrogen-bond donors (Lipinski definition) is 1. The first-order valence-corrected chi connectivity index (χ1v) is 8.47. The molecule has 1 fully saturated rings. The van der Waals surface area contributed by atoms with Gasteiger partial charge in [0.05, 0.1) is 12.8 Å². The van der Waals surface area contributed by atoms with Crippen molar-refractivity contribution >= 4 is 0 Å². The lowest BCUT2D eigenvalue weighted by molar-refractivity contribution is 0.0665. The normalized spacial score (nSPS) is 27.4. The second-order valence-corrected chi connectivity index (χ2v) is 7.38. The van der Waals surface area contributed by atoms with E-state index in [0.717, 1.165) is 37.2 Å². The van der Waals surface area contributed by atoms with Gasteiger partial charge in [-0.25, -0.2) is 0 Å². The molecule has 0 saturated carbocycles. The standard InChI is InChI=1S/C18H32N2O/c1-13(2)9-19-10-17-6-7-21-18(17)12-20-11-14(3)8-15(4)16(20)5/h6-7,13-16,19H,8-12H2,1-5H3. The smallest absolute Gasteiger partial charge is 0.122 e. The third-order valence-electron chi connectivity index (χ3n) is 4.77. The van der Waals surface area contributed by atoms with Crippen molar-refractivity contribution in [3.05, 3.63) is 23.7 Å². The van der Waals surface area contributed by atoms with Crippen LogP contribution in [0.3, 0.4) is 0 Å². The molecule has 3 nitrogen and oxygen atoms in total. The lowest BCUT2D eigenvalue weighted by Crippen LogP contribution is -2.45. The van der Waals surface area contributed by atoms with E-state index in [4.69, 9.17) is 4.42 Å². The number of hydrogen-bond acceptors (Lipinski definition) is 3. The Bertz CT molecular complexity index is 427. The number of rotatable bonds is 6. The highest BCUT2D eigenvalue weighted by Crippen LogP contribution is 2.28. The number of furan rings is 1. The molecule has 1 aliphatic heterocycles. The molecule has 1 N–H and O–H groups in total. The van der Waals surface area contributed by atoms with Gasteiger partial charge in [-0.1, -0.05) is 27.7 Å². The second kappa shape index (κ2) is 7.46. The first kappa shape index (κ1) is 16.6. The number of nitrogens with one attached hydrogen (secondary N) is 1. The summed E-state index contributed by atoms with van der Waals surface area (Å²) in [6, 6.07) is 2.76. The average Bonchev–Trinajstić information content (AvgIpc) is 2.82. The summed E-state index contributed by atoms with van der Waals surface area (Å²) in [7, 11) is 0. The topological polar surface area (TPSA) is 28.4 Å². The van der Waals surface area contributed by atoms with Crippen LogP contribution in [0.1, 0.15) is 52.4 Å². The Morgan fingerprint density at radius 1 is 1.33 bits per heavy atom. The first-order valence-electron chi connectivity index (χ1n) is 8.47. The third-order valence-corrected chi connectivity index (χ3v) is 4.77. The van der Waals surface area contributed by atoms with Crippen molar-refractivity contribution in [2.75, 3.05) is 13.1 Å². The van der Waals surface area contributed by atoms with Crippen LogP contribution in [0.25, 0.3) is 0 Å². The maximum absolute atomic E-state index is 5.76. The van der Waals surface area contributed by atoms with Gasteiger partial charge >= 0.3 is 0 Å². The van der Waals surface area contributed by atoms with Crippen molar-refractivity contribution in [2.45, 2.75) is 60.2 Å². The molecule has 3 atom stereocenters. The van der Waals surface area contributed by atoms with E-state index in [1.54, 1.807) is 0 Å². The van der Waals surface area contributed by atoms with E-state index in [2.05, 4.69) is 50.9 Å². The summed E-state index contributed by atoms with van der Waals surface area (Å²) in [5.74, 6) is 3.38. The van der Waals surface area contributed by atoms with Gasteiger partial charge in [0.25, 0.3) is 0 Å². The monoisotopic (exact) mass is 292 g/mol. The first-order chi connectivity index (χ1) is 9.97. The van der Waals surface area contributed by atoms with Crippen LogP contribution in [-0.4, -0.2) is 24.0 Å². The van der Waals surface area contributed by atoms with Crippen molar-refractivity contribution in [3.63, 3.8) is 0 Å². The molecule has 0 bridgehead atoms. The molecule has 2 heterocycles. The van der Waals surface area contributed by atoms with Crippen LogP contribution >= 0.6 is 0 Å². The van der Waals surface area contributed by atoms with Crippen LogP contribution in [0.4, 0.5) is 0 Å². The van der Waals surface area contributed by atoms with Crippen LogP contribution < -0.4 is 5.32 Å². The third kappa shape index (κ3) is 4.58. The van der Waals surface area contributed by atoms with Gasteiger partial charge in [0.15, 0.2) is 0 Å². The zero-order valence-electron chi connectivity index (χ0n) is 14.4. The van der Waals surface area contributed by atoms with Gasteiger partial charge in [0.2, 0.25) is 0 Å². The van der Waals surface area contributed by atoms with Crippen LogP contribution in [0.15, 0.2) is 16.7 Å². The Hall–Kier alpha value is -0.800. The molecule has 2 rings (SSSR count). The summed E-state index contributed by atoms with van der Waals surface area (Å²) < 4.78 is 5.76. The van der Waals surface area contributed by atoms with E-state index >= 15 is 0 Å². The zero-order chi connectivity index (χ0) is 15.4. The molecule has 0 aromatic carbocycles. The van der Waals surface area contributed by atoms with Gasteiger partial charge in [-0.15, -0.1) is 0 Å². The lowest BCUT2D eigenvalue weighted by Gasteiger charge is -2.40. The Morgan fingerprint density at radius 3 is 2.81 bits per heavy atom. The number of nitrogens with zero attached hydrogens (tertiary/aromatic N) is 1. The summed E-state index contributed by atoms with van der Waals surface area (Å²) in [6.45, 7) is 15.7. The summed E-state index contributed by atoms with van der Waals surface area (Å²) in [6.07, 6.45) is 3.18. The highest BCUT2D eigenvalue weighted by Gasteiger charge is 2.29. The van der Waals surface area contributed by atoms with Crippen molar-refractivity contribution in [1.82, 2.24) is 10.2 Å². The molecule has 0 spiro atoms. The fourth-order valence-corrected chi connectivity index (χ4v) is 3.38. The SMILES string of the molecule is CC(C)CNCc1ccoc1CN1CC(C)CC(C)C1C. The predicted octanol–water partition coefficient (Wildman–Crippen LogP) is 3.89. The Balaban J connectivity index is 1.94. The van der Waals surface area contributed by atoms with Crippen molar-refractivity contribution in [1.29, 1.82) is 0 Å². The highest BCUT2D eigenvalue weighted by molar-refractivity contribution is 5.17. The minimum absolute atomic E-state index is 0.641. The largest absolute Gasteiger partial charge is 0.468 e. The van der Waals surface area contributed by atoms with Crippen LogP contribution in [0, 0.1) is 17.8 Å². The fraction of sp³-hybridized carbons (Fsp3) is 0.778. The van der Waals surface area contributed by atoms with E-state index in [1.165, 1.54) is 18.5 Å². The zero-order valence-corrected chi connectivity index (χ0v) is 14.4. The molecule has 120 valence electrons. The lowest BCUT2D eigenvalue weighted by atomic mass is 9.86. The van der Waals surface area contributed by atoms with E-state index in [9.17, 15) is 0 Å². The average molecular weight is 292 g/mol. The molecule has 3 unspecified atom stereocenters. The molecule has 1 aliphatic rings. The molecular weight excluding hydrogens is 260 g/mol. The minimum atomic E-state index is 0.641. The summed E-state index contributed by atoms with van der Waals surface area (Å²) in [5, 5.41) is 3.52. The Kier molecular flexibility index (Phi) is 5.88. The highest BCUT2D eigenvalue weighted by atomic mass is 16.3. The predicted molar refractivity (Wildman–Crippen MR) is 88.1 cm³/mol. The van der Waals surface area contributed by atoms with Gasteiger partial charge in [0.1, 0.15) is 5.76 Å². The maximum Gasteiger partial charge on any atom is 0.122 e. The Morgan fingerprint density at radius 2 is 2.10 bits per heavy atom. The minimum Gasteiger partial charge on any atom is -0.468 e. The van der Waals surface area contributed by atoms with Crippen molar-refractivity contribution < 1.29 is 4.42 Å². The molecule has 3 heteroatoms. The van der Waals surface area contributed by atoms with Crippen LogP contribution in [0.5, 0.6) is 0 Å². The van der Waals surface area contributed by atoms with Gasteiger partial charge < -0.3 is 9.73 Å².